The fourth-order valence-corrected chi connectivity index (χ4v) is 6.30. The van der Waals surface area contributed by atoms with Crippen LogP contribution in [0.25, 0.3) is 0 Å². The Morgan fingerprint density at radius 2 is 1.45 bits per heavy atom. The van der Waals surface area contributed by atoms with Crippen molar-refractivity contribution >= 4 is 76.1 Å². The number of aryl methyl sites for hydroxylation is 2. The highest BCUT2D eigenvalue weighted by Crippen LogP contribution is 2.28. The molecule has 0 spiro atoms. The van der Waals surface area contributed by atoms with Crippen molar-refractivity contribution in [3.8, 4) is 5.75 Å². The quantitative estimate of drug-likeness (QED) is 0.0923. The van der Waals surface area contributed by atoms with Gasteiger partial charge in [-0.15, -0.1) is 12.4 Å². The van der Waals surface area contributed by atoms with E-state index in [2.05, 4.69) is 35.4 Å². The van der Waals surface area contributed by atoms with Gasteiger partial charge in [-0.25, -0.2) is 4.79 Å². The van der Waals surface area contributed by atoms with Crippen LogP contribution in [0.1, 0.15) is 87.1 Å². The van der Waals surface area contributed by atoms with Gasteiger partial charge in [0.25, 0.3) is 5.24 Å². The molecule has 1 atom stereocenters. The number of imide groups is 1. The summed E-state index contributed by atoms with van der Waals surface area (Å²) in [5, 5.41) is 11.3. The van der Waals surface area contributed by atoms with Crippen LogP contribution in [0.3, 0.4) is 0 Å². The lowest BCUT2D eigenvalue weighted by atomic mass is 10.0. The number of ether oxygens (including phenoxy) is 1. The van der Waals surface area contributed by atoms with Gasteiger partial charge in [-0.1, -0.05) is 122 Å². The van der Waals surface area contributed by atoms with E-state index in [1.165, 1.54) is 43.2 Å². The van der Waals surface area contributed by atoms with Crippen molar-refractivity contribution in [1.29, 1.82) is 0 Å². The van der Waals surface area contributed by atoms with Gasteiger partial charge in [-0.3, -0.25) is 19.9 Å². The van der Waals surface area contributed by atoms with Crippen molar-refractivity contribution in [2.75, 3.05) is 6.61 Å². The van der Waals surface area contributed by atoms with Gasteiger partial charge in [0.05, 0.1) is 11.9 Å². The van der Waals surface area contributed by atoms with Crippen LogP contribution >= 0.6 is 59.0 Å². The lowest BCUT2D eigenvalue weighted by Crippen LogP contribution is -2.25. The third-order valence-corrected chi connectivity index (χ3v) is 9.90. The van der Waals surface area contributed by atoms with Gasteiger partial charge in [0.15, 0.2) is 0 Å². The average Bonchev–Trinajstić information content (AvgIpc) is 3.39. The van der Waals surface area contributed by atoms with Gasteiger partial charge in [0.2, 0.25) is 10.2 Å². The number of hydrogen-bond acceptors (Lipinski definition) is 6. The fraction of sp³-hybridized carbons (Fsp3) is 0.459. The molecule has 0 aliphatic carbocycles. The monoisotopic (exact) mass is 770 g/mol. The maximum absolute atomic E-state index is 11.6. The van der Waals surface area contributed by atoms with E-state index in [-0.39, 0.29) is 28.8 Å². The highest BCUT2D eigenvalue weighted by Gasteiger charge is 2.32. The summed E-state index contributed by atoms with van der Waals surface area (Å²) in [6.45, 7) is 2.67. The van der Waals surface area contributed by atoms with E-state index in [4.69, 9.17) is 44.6 Å². The second-order valence-electron chi connectivity index (χ2n) is 11.8. The van der Waals surface area contributed by atoms with Gasteiger partial charge in [-0.05, 0) is 85.5 Å². The Balaban J connectivity index is 0.000000335. The molecular formula is C37H46Cl4N2O5S. The Morgan fingerprint density at radius 3 is 2.00 bits per heavy atom. The van der Waals surface area contributed by atoms with Crippen molar-refractivity contribution in [1.82, 2.24) is 10.3 Å². The molecule has 7 nitrogen and oxygen atoms in total. The van der Waals surface area contributed by atoms with E-state index in [1.807, 2.05) is 48.7 Å². The van der Waals surface area contributed by atoms with Crippen LogP contribution in [-0.2, 0) is 35.3 Å². The molecule has 1 aliphatic rings. The number of alkyl halides is 2. The molecule has 2 N–H and O–H groups in total. The number of nitrogens with one attached hydrogen (secondary N) is 1. The number of carbonyl (C=O) groups excluding carboxylic acids is 2. The molecule has 49 heavy (non-hydrogen) atoms. The number of hydrogen-bond donors (Lipinski definition) is 2. The Hall–Kier alpha value is -2.49. The van der Waals surface area contributed by atoms with Gasteiger partial charge in [-0.2, -0.15) is 0 Å². The van der Waals surface area contributed by atoms with Crippen LogP contribution in [0.15, 0.2) is 66.9 Å². The zero-order valence-corrected chi connectivity index (χ0v) is 31.7. The number of aromatic nitrogens is 1. The van der Waals surface area contributed by atoms with Crippen LogP contribution in [-0.4, -0.2) is 43.4 Å². The van der Waals surface area contributed by atoms with E-state index in [1.54, 1.807) is 0 Å². The molecule has 3 aromatic rings. The first kappa shape index (κ1) is 42.7. The van der Waals surface area contributed by atoms with Gasteiger partial charge in [0.1, 0.15) is 5.75 Å². The maximum atomic E-state index is 11.6. The molecule has 0 radical (unpaired) electrons. The molecular weight excluding hydrogens is 726 g/mol. The van der Waals surface area contributed by atoms with Gasteiger partial charge >= 0.3 is 5.97 Å². The highest BCUT2D eigenvalue weighted by molar-refractivity contribution is 8.15. The summed E-state index contributed by atoms with van der Waals surface area (Å²) in [5.74, 6) is -0.577. The summed E-state index contributed by atoms with van der Waals surface area (Å²) in [7, 11) is 0. The largest absolute Gasteiger partial charge is 0.493 e. The normalized spacial score (nSPS) is 14.0. The molecule has 0 bridgehead atoms. The second-order valence-corrected chi connectivity index (χ2v) is 14.9. The number of carboxylic acid groups (broad SMARTS) is 1. The minimum absolute atomic E-state index is 0. The first-order chi connectivity index (χ1) is 23.1. The number of benzene rings is 2. The highest BCUT2D eigenvalue weighted by atomic mass is 35.5. The molecule has 2 aromatic carbocycles. The number of unbranched alkanes of at least 4 members (excludes halogenated alkanes) is 7. The Kier molecular flexibility index (Phi) is 20.1. The maximum Gasteiger partial charge on any atom is 0.340 e. The molecule has 12 heteroatoms. The summed E-state index contributed by atoms with van der Waals surface area (Å²) in [6, 6.07) is 19.8. The number of aliphatic carboxylic acids is 1. The first-order valence-corrected chi connectivity index (χ1v) is 18.6. The molecule has 1 aromatic heterocycles. The third-order valence-electron chi connectivity index (χ3n) is 7.96. The topological polar surface area (TPSA) is 106 Å². The lowest BCUT2D eigenvalue weighted by molar-refractivity contribution is -0.138. The Bertz CT molecular complexity index is 1420. The van der Waals surface area contributed by atoms with Crippen LogP contribution in [0.2, 0.25) is 5.02 Å². The average molecular weight is 773 g/mol. The predicted molar refractivity (Wildman–Crippen MR) is 204 cm³/mol. The third kappa shape index (κ3) is 16.8. The van der Waals surface area contributed by atoms with Crippen LogP contribution in [0, 0.1) is 0 Å². The number of carboxylic acids is 1. The van der Waals surface area contributed by atoms with E-state index >= 15 is 0 Å². The number of thioether (sulfide) groups is 1. The predicted octanol–water partition coefficient (Wildman–Crippen LogP) is 10.2. The number of nitrogens with zero attached hydrogens (tertiary/aromatic N) is 1. The summed E-state index contributed by atoms with van der Waals surface area (Å²) in [5.41, 5.74) is 4.60. The van der Waals surface area contributed by atoms with Gasteiger partial charge < -0.3 is 9.84 Å². The molecule has 1 fully saturated rings. The van der Waals surface area contributed by atoms with Gasteiger partial charge in [0, 0.05) is 23.3 Å². The molecule has 4 rings (SSSR count). The summed E-state index contributed by atoms with van der Waals surface area (Å²) < 4.78 is 4.13. The molecule has 268 valence electrons. The molecule has 1 saturated heterocycles. The summed E-state index contributed by atoms with van der Waals surface area (Å²) in [4.78, 5) is 37.9. The molecule has 1 unspecified atom stereocenters. The van der Waals surface area contributed by atoms with Crippen molar-refractivity contribution in [2.24, 2.45) is 0 Å². The van der Waals surface area contributed by atoms with Crippen LogP contribution in [0.4, 0.5) is 4.79 Å². The van der Waals surface area contributed by atoms with E-state index in [9.17, 15) is 14.4 Å². The van der Waals surface area contributed by atoms with E-state index in [0.29, 0.717) is 19.4 Å². The lowest BCUT2D eigenvalue weighted by Gasteiger charge is -2.13. The number of pyridine rings is 1. The first-order valence-electron chi connectivity index (χ1n) is 16.6. The standard InChI is InChI=1S/C19H20N2O3S.C18H25Cl3O2.ClH/c1-2-13-3-6-15(20-12-13)9-10-24-16-7-4-14(5-8-16)11-17-18(22)21-19(23)25-17;19-16-12-10-15(11-13-16)9-7-5-3-1-2-4-6-8-14-18(20,21)17(22)23;/h3-8,12,17H,2,9-11H2,1H3,(H,21,22,23);10-13H,1-9,14H2,(H,22,23);1H. The Labute approximate surface area is 315 Å². The van der Waals surface area contributed by atoms with Crippen LogP contribution in [0.5, 0.6) is 5.75 Å². The van der Waals surface area contributed by atoms with Crippen LogP contribution < -0.4 is 10.1 Å². The molecule has 2 heterocycles. The molecule has 1 aliphatic heterocycles. The second kappa shape index (κ2) is 23.1. The SMILES string of the molecule is CCc1ccc(CCOc2ccc(CC3SC(=O)NC3=O)cc2)nc1.Cl.O=C(O)C(Cl)(Cl)CCCCCCCCCCc1ccc(Cl)cc1. The van der Waals surface area contributed by atoms with E-state index < -0.39 is 10.3 Å². The zero-order valence-electron chi connectivity index (χ0n) is 27.8. The van der Waals surface area contributed by atoms with Crippen molar-refractivity contribution < 1.29 is 24.2 Å². The summed E-state index contributed by atoms with van der Waals surface area (Å²) >= 11 is 18.3. The number of amides is 2. The van der Waals surface area contributed by atoms with Crippen molar-refractivity contribution in [2.45, 2.75) is 100.0 Å². The smallest absolute Gasteiger partial charge is 0.340 e. The fourth-order valence-electron chi connectivity index (χ4n) is 5.04. The van der Waals surface area contributed by atoms with Crippen molar-refractivity contribution in [3.05, 3.63) is 94.3 Å². The summed E-state index contributed by atoms with van der Waals surface area (Å²) in [6.07, 6.45) is 14.6. The molecule has 2 amide bonds. The molecule has 0 saturated carbocycles. The number of halogens is 4. The van der Waals surface area contributed by atoms with Crippen molar-refractivity contribution in [3.63, 3.8) is 0 Å². The minimum Gasteiger partial charge on any atom is -0.493 e. The number of carbonyl (C=O) groups is 3. The Morgan fingerprint density at radius 1 is 0.857 bits per heavy atom. The zero-order chi connectivity index (χ0) is 34.8. The minimum atomic E-state index is -1.62. The van der Waals surface area contributed by atoms with E-state index in [0.717, 1.165) is 72.3 Å². The number of rotatable bonds is 19.